The van der Waals surface area contributed by atoms with Gasteiger partial charge >= 0.3 is 6.09 Å². The van der Waals surface area contributed by atoms with E-state index in [0.29, 0.717) is 17.2 Å². The highest BCUT2D eigenvalue weighted by molar-refractivity contribution is 6.68. The molecule has 1 aromatic carbocycles. The van der Waals surface area contributed by atoms with E-state index < -0.39 is 9.89 Å². The van der Waals surface area contributed by atoms with Crippen molar-refractivity contribution in [2.24, 2.45) is 0 Å². The summed E-state index contributed by atoms with van der Waals surface area (Å²) < 4.78 is 3.87. The molecule has 5 nitrogen and oxygen atoms in total. The molecule has 1 heterocycles. The van der Waals surface area contributed by atoms with Crippen LogP contribution in [-0.2, 0) is 0 Å². The minimum absolute atomic E-state index is 0.302. The maximum Gasteiger partial charge on any atom is 0.411 e. The van der Waals surface area contributed by atoms with Gasteiger partial charge in [-0.25, -0.2) is 4.79 Å². The molecule has 0 atom stereocenters. The smallest absolute Gasteiger partial charge is 0.411 e. The van der Waals surface area contributed by atoms with Crippen molar-refractivity contribution < 1.29 is 14.6 Å². The molecule has 0 aliphatic rings. The molecule has 22 heavy (non-hydrogen) atoms. The summed E-state index contributed by atoms with van der Waals surface area (Å²) in [5.41, 5.74) is 0.334. The molecule has 0 aliphatic carbocycles. The summed E-state index contributed by atoms with van der Waals surface area (Å²) in [6.45, 7) is -0.302. The third-order valence-corrected chi connectivity index (χ3v) is 2.93. The third-order valence-electron chi connectivity index (χ3n) is 2.57. The quantitative estimate of drug-likeness (QED) is 0.800. The Morgan fingerprint density at radius 2 is 1.95 bits per heavy atom. The first kappa shape index (κ1) is 16.7. The van der Waals surface area contributed by atoms with Gasteiger partial charge in [-0.1, -0.05) is 40.9 Å². The van der Waals surface area contributed by atoms with Crippen LogP contribution in [0.1, 0.15) is 0 Å². The average Bonchev–Trinajstić information content (AvgIpc) is 2.45. The van der Waals surface area contributed by atoms with Crippen molar-refractivity contribution in [1.29, 1.82) is 0 Å². The minimum Gasteiger partial charge on any atom is -0.465 e. The fraction of sp³-hybridized carbons (Fsp3) is 0.143. The first-order chi connectivity index (χ1) is 10.3. The van der Waals surface area contributed by atoms with E-state index in [4.69, 9.17) is 39.5 Å². The summed E-state index contributed by atoms with van der Waals surface area (Å²) in [5.74, 6) is 0.976. The van der Waals surface area contributed by atoms with Crippen LogP contribution in [0.15, 0.2) is 48.8 Å². The number of carboxylic acid groups (broad SMARTS) is 1. The molecule has 0 saturated heterocycles. The van der Waals surface area contributed by atoms with Crippen LogP contribution >= 0.6 is 34.8 Å². The number of hydrogen-bond acceptors (Lipinski definition) is 3. The number of pyridine rings is 1. The Kier molecular flexibility index (Phi) is 5.34. The molecule has 116 valence electrons. The largest absolute Gasteiger partial charge is 0.465 e. The van der Waals surface area contributed by atoms with Crippen LogP contribution < -0.4 is 9.64 Å². The van der Waals surface area contributed by atoms with E-state index >= 15 is 0 Å². The van der Waals surface area contributed by atoms with Gasteiger partial charge in [0.1, 0.15) is 11.5 Å². The maximum absolute atomic E-state index is 11.3. The molecule has 0 spiro atoms. The van der Waals surface area contributed by atoms with Crippen LogP contribution in [0.2, 0.25) is 0 Å². The van der Waals surface area contributed by atoms with Crippen LogP contribution in [0.3, 0.4) is 0 Å². The van der Waals surface area contributed by atoms with Crippen molar-refractivity contribution in [2.45, 2.75) is 3.79 Å². The molecule has 0 aliphatic heterocycles. The van der Waals surface area contributed by atoms with E-state index in [2.05, 4.69) is 4.98 Å². The molecule has 1 amide bonds. The topological polar surface area (TPSA) is 62.7 Å². The Labute approximate surface area is 142 Å². The summed E-state index contributed by atoms with van der Waals surface area (Å²) in [6.07, 6.45) is 1.93. The second-order valence-electron chi connectivity index (χ2n) is 4.27. The van der Waals surface area contributed by atoms with Crippen molar-refractivity contribution >= 4 is 46.6 Å². The Hall–Kier alpha value is -1.69. The minimum atomic E-state index is -1.72. The predicted octanol–water partition coefficient (Wildman–Crippen LogP) is 4.73. The lowest BCUT2D eigenvalue weighted by Gasteiger charge is -2.23. The summed E-state index contributed by atoms with van der Waals surface area (Å²) >= 11 is 17.0. The van der Waals surface area contributed by atoms with Crippen molar-refractivity contribution in [3.63, 3.8) is 0 Å². The summed E-state index contributed by atoms with van der Waals surface area (Å²) in [5, 5.41) is 9.27. The van der Waals surface area contributed by atoms with Crippen LogP contribution in [0.4, 0.5) is 10.5 Å². The van der Waals surface area contributed by atoms with Gasteiger partial charge in [-0.15, -0.1) is 0 Å². The van der Waals surface area contributed by atoms with Crippen molar-refractivity contribution in [3.05, 3.63) is 48.8 Å². The second-order valence-corrected chi connectivity index (χ2v) is 6.79. The Morgan fingerprint density at radius 1 is 1.23 bits per heavy atom. The average molecular weight is 362 g/mol. The summed E-state index contributed by atoms with van der Waals surface area (Å²) in [4.78, 5) is 16.2. The summed E-state index contributed by atoms with van der Waals surface area (Å²) in [7, 11) is 0. The fourth-order valence-electron chi connectivity index (χ4n) is 1.71. The molecule has 8 heteroatoms. The van der Waals surface area contributed by atoms with Gasteiger partial charge < -0.3 is 9.84 Å². The van der Waals surface area contributed by atoms with Crippen LogP contribution in [0.5, 0.6) is 11.5 Å². The molecule has 2 aromatic rings. The summed E-state index contributed by atoms with van der Waals surface area (Å²) in [6, 6.07) is 9.92. The molecule has 0 fully saturated rings. The van der Waals surface area contributed by atoms with Gasteiger partial charge in [0.05, 0.1) is 18.4 Å². The van der Waals surface area contributed by atoms with Gasteiger partial charge in [0.25, 0.3) is 0 Å². The van der Waals surface area contributed by atoms with Crippen molar-refractivity contribution in [1.82, 2.24) is 4.98 Å². The van der Waals surface area contributed by atoms with Crippen molar-refractivity contribution in [3.8, 4) is 11.5 Å². The number of amides is 1. The molecule has 1 N–H and O–H groups in total. The highest BCUT2D eigenvalue weighted by Gasteiger charge is 2.28. The Balaban J connectivity index is 2.24. The predicted molar refractivity (Wildman–Crippen MR) is 86.4 cm³/mol. The highest BCUT2D eigenvalue weighted by Crippen LogP contribution is 2.31. The number of nitrogens with zero attached hydrogens (tertiary/aromatic N) is 2. The molecule has 0 bridgehead atoms. The molecule has 0 unspecified atom stereocenters. The number of benzene rings is 1. The molecule has 0 saturated carbocycles. The number of rotatable bonds is 4. The standard InChI is InChI=1S/C14H11Cl3N2O3/c15-14(16,17)9-19(13(20)21)10-3-1-4-11(7-10)22-12-5-2-6-18-8-12/h1-8H,9H2,(H,20,21). The van der Waals surface area contributed by atoms with E-state index in [-0.39, 0.29) is 6.54 Å². The third kappa shape index (κ3) is 4.94. The lowest BCUT2D eigenvalue weighted by Crippen LogP contribution is -2.36. The Morgan fingerprint density at radius 3 is 2.55 bits per heavy atom. The lowest BCUT2D eigenvalue weighted by molar-refractivity contribution is 0.202. The van der Waals surface area contributed by atoms with E-state index in [9.17, 15) is 9.90 Å². The van der Waals surface area contributed by atoms with Crippen molar-refractivity contribution in [2.75, 3.05) is 11.4 Å². The first-order valence-corrected chi connectivity index (χ1v) is 7.24. The number of halogens is 3. The number of anilines is 1. The van der Waals surface area contributed by atoms with Gasteiger partial charge in [-0.3, -0.25) is 9.88 Å². The zero-order valence-corrected chi connectivity index (χ0v) is 13.4. The monoisotopic (exact) mass is 360 g/mol. The molecular formula is C14H11Cl3N2O3. The van der Waals surface area contributed by atoms with Gasteiger partial charge in [0.2, 0.25) is 3.79 Å². The molecule has 0 radical (unpaired) electrons. The second kappa shape index (κ2) is 7.05. The van der Waals surface area contributed by atoms with Gasteiger partial charge in [-0.05, 0) is 24.3 Å². The van der Waals surface area contributed by atoms with E-state index in [1.807, 2.05) is 0 Å². The Bertz CT molecular complexity index is 647. The first-order valence-electron chi connectivity index (χ1n) is 6.10. The number of carbonyl (C=O) groups is 1. The fourth-order valence-corrected chi connectivity index (χ4v) is 2.07. The maximum atomic E-state index is 11.3. The van der Waals surface area contributed by atoms with E-state index in [1.165, 1.54) is 6.07 Å². The molecular weight excluding hydrogens is 351 g/mol. The zero-order valence-electron chi connectivity index (χ0n) is 11.1. The van der Waals surface area contributed by atoms with Crippen LogP contribution in [0.25, 0.3) is 0 Å². The molecule has 1 aromatic heterocycles. The number of aromatic nitrogens is 1. The zero-order chi connectivity index (χ0) is 16.2. The number of ether oxygens (including phenoxy) is 1. The number of alkyl halides is 3. The molecule has 2 rings (SSSR count). The SMILES string of the molecule is O=C(O)N(CC(Cl)(Cl)Cl)c1cccc(Oc2cccnc2)c1. The van der Waals surface area contributed by atoms with Gasteiger partial charge in [0.15, 0.2) is 0 Å². The van der Waals surface area contributed by atoms with Gasteiger partial charge in [0, 0.05) is 12.3 Å². The normalized spacial score (nSPS) is 11.0. The van der Waals surface area contributed by atoms with E-state index in [0.717, 1.165) is 4.90 Å². The highest BCUT2D eigenvalue weighted by atomic mass is 35.6. The van der Waals surface area contributed by atoms with Gasteiger partial charge in [-0.2, -0.15) is 0 Å². The lowest BCUT2D eigenvalue weighted by atomic mass is 10.2. The number of hydrogen-bond donors (Lipinski definition) is 1. The van der Waals surface area contributed by atoms with Crippen LogP contribution in [-0.4, -0.2) is 26.5 Å². The van der Waals surface area contributed by atoms with E-state index in [1.54, 1.807) is 42.7 Å². The van der Waals surface area contributed by atoms with Crippen LogP contribution in [0, 0.1) is 0 Å².